The van der Waals surface area contributed by atoms with Gasteiger partial charge < -0.3 is 15.0 Å². The first-order chi connectivity index (χ1) is 11.4. The van der Waals surface area contributed by atoms with Gasteiger partial charge in [-0.05, 0) is 39.2 Å². The minimum absolute atomic E-state index is 0.0598. The summed E-state index contributed by atoms with van der Waals surface area (Å²) in [6.45, 7) is 3.52. The van der Waals surface area contributed by atoms with Crippen LogP contribution in [0.2, 0.25) is 0 Å². The Balaban J connectivity index is 1.85. The largest absolute Gasteiger partial charge is 0.461 e. The van der Waals surface area contributed by atoms with Crippen LogP contribution in [0.15, 0.2) is 23.4 Å². The first-order valence-corrected chi connectivity index (χ1v) is 7.78. The zero-order valence-corrected chi connectivity index (χ0v) is 13.5. The van der Waals surface area contributed by atoms with Crippen LogP contribution in [0.4, 0.5) is 0 Å². The molecule has 0 radical (unpaired) electrons. The van der Waals surface area contributed by atoms with E-state index in [1.807, 2.05) is 0 Å². The first-order valence-electron chi connectivity index (χ1n) is 7.78. The van der Waals surface area contributed by atoms with E-state index in [4.69, 9.17) is 4.74 Å². The molecule has 126 valence electrons. The predicted molar refractivity (Wildman–Crippen MR) is 85.4 cm³/mol. The molecule has 8 nitrogen and oxygen atoms in total. The van der Waals surface area contributed by atoms with Crippen LogP contribution in [-0.4, -0.2) is 38.5 Å². The molecule has 0 unspecified atom stereocenters. The average Bonchev–Trinajstić information content (AvgIpc) is 2.50. The van der Waals surface area contributed by atoms with Crippen molar-refractivity contribution in [3.8, 4) is 0 Å². The number of fused-ring (bicyclic) bond motifs is 1. The summed E-state index contributed by atoms with van der Waals surface area (Å²) in [6.07, 6.45) is 4.27. The second kappa shape index (κ2) is 6.03. The summed E-state index contributed by atoms with van der Waals surface area (Å²) in [5, 5.41) is 3.00. The maximum absolute atomic E-state index is 12.5. The Morgan fingerprint density at radius 2 is 2.08 bits per heavy atom. The molecule has 1 amide bonds. The molecular weight excluding hydrogens is 312 g/mol. The number of carbonyl (C=O) groups is 2. The third-order valence-electron chi connectivity index (χ3n) is 4.05. The second-order valence-electron chi connectivity index (χ2n) is 6.16. The summed E-state index contributed by atoms with van der Waals surface area (Å²) in [4.78, 5) is 47.0. The van der Waals surface area contributed by atoms with E-state index in [0.29, 0.717) is 18.4 Å². The molecule has 2 N–H and O–H groups in total. The molecule has 0 aliphatic heterocycles. The Kier molecular flexibility index (Phi) is 4.04. The highest BCUT2D eigenvalue weighted by Crippen LogP contribution is 2.33. The number of ether oxygens (including phenoxy) is 1. The molecule has 0 atom stereocenters. The van der Waals surface area contributed by atoms with Gasteiger partial charge in [0.15, 0.2) is 0 Å². The molecule has 3 rings (SSSR count). The van der Waals surface area contributed by atoms with Crippen LogP contribution in [0.5, 0.6) is 0 Å². The lowest BCUT2D eigenvalue weighted by atomic mass is 9.76. The number of esters is 1. The van der Waals surface area contributed by atoms with E-state index in [-0.39, 0.29) is 22.7 Å². The van der Waals surface area contributed by atoms with Crippen molar-refractivity contribution in [3.63, 3.8) is 0 Å². The van der Waals surface area contributed by atoms with Crippen molar-refractivity contribution in [2.75, 3.05) is 0 Å². The molecule has 1 saturated carbocycles. The van der Waals surface area contributed by atoms with Gasteiger partial charge in [-0.2, -0.15) is 0 Å². The third kappa shape index (κ3) is 2.86. The fraction of sp³-hybridized carbons (Fsp3) is 0.438. The van der Waals surface area contributed by atoms with Crippen molar-refractivity contribution < 1.29 is 14.3 Å². The van der Waals surface area contributed by atoms with Crippen molar-refractivity contribution in [3.05, 3.63) is 34.6 Å². The quantitative estimate of drug-likeness (QED) is 0.806. The lowest BCUT2D eigenvalue weighted by Gasteiger charge is -2.40. The minimum atomic E-state index is -1.00. The van der Waals surface area contributed by atoms with Gasteiger partial charge >= 0.3 is 5.97 Å². The van der Waals surface area contributed by atoms with Gasteiger partial charge in [0.25, 0.3) is 11.5 Å². The van der Waals surface area contributed by atoms with Gasteiger partial charge in [-0.15, -0.1) is 0 Å². The highest BCUT2D eigenvalue weighted by molar-refractivity contribution is 5.99. The first kappa shape index (κ1) is 16.1. The lowest BCUT2D eigenvalue weighted by Crippen LogP contribution is -2.60. The highest BCUT2D eigenvalue weighted by atomic mass is 16.5. The molecule has 0 saturated heterocycles. The van der Waals surface area contributed by atoms with Gasteiger partial charge in [0.05, 0.1) is 29.5 Å². The Hall–Kier alpha value is -2.77. The molecule has 2 aromatic rings. The van der Waals surface area contributed by atoms with Crippen molar-refractivity contribution in [2.45, 2.75) is 44.8 Å². The predicted octanol–water partition coefficient (Wildman–Crippen LogP) is 0.922. The Labute approximate surface area is 137 Å². The van der Waals surface area contributed by atoms with Crippen molar-refractivity contribution >= 4 is 22.8 Å². The topological polar surface area (TPSA) is 114 Å². The summed E-state index contributed by atoms with van der Waals surface area (Å²) >= 11 is 0. The molecular formula is C16H18N4O4. The number of amides is 1. The summed E-state index contributed by atoms with van der Waals surface area (Å²) in [6, 6.07) is 1.37. The minimum Gasteiger partial charge on any atom is -0.461 e. The van der Waals surface area contributed by atoms with Gasteiger partial charge in [0.1, 0.15) is 11.2 Å². The maximum atomic E-state index is 12.5. The monoisotopic (exact) mass is 330 g/mol. The summed E-state index contributed by atoms with van der Waals surface area (Å²) in [7, 11) is 0. The van der Waals surface area contributed by atoms with Gasteiger partial charge in [-0.1, -0.05) is 0 Å². The van der Waals surface area contributed by atoms with Crippen molar-refractivity contribution in [1.82, 2.24) is 20.3 Å². The fourth-order valence-electron chi connectivity index (χ4n) is 2.61. The smallest absolute Gasteiger partial charge is 0.332 e. The molecule has 24 heavy (non-hydrogen) atoms. The van der Waals surface area contributed by atoms with Crippen LogP contribution in [0.1, 0.15) is 43.6 Å². The molecule has 2 aromatic heterocycles. The lowest BCUT2D eigenvalue weighted by molar-refractivity contribution is -0.159. The van der Waals surface area contributed by atoms with E-state index >= 15 is 0 Å². The van der Waals surface area contributed by atoms with E-state index < -0.39 is 17.4 Å². The van der Waals surface area contributed by atoms with Crippen LogP contribution >= 0.6 is 0 Å². The number of rotatable bonds is 4. The van der Waals surface area contributed by atoms with Crippen molar-refractivity contribution in [2.24, 2.45) is 0 Å². The average molecular weight is 330 g/mol. The number of hydrogen-bond acceptors (Lipinski definition) is 6. The molecule has 1 aliphatic carbocycles. The molecule has 1 fully saturated rings. The Morgan fingerprint density at radius 1 is 1.33 bits per heavy atom. The fourth-order valence-corrected chi connectivity index (χ4v) is 2.61. The standard InChI is InChI=1S/C16H18N4O4/c1-9(2)24-15(23)16(4-3-5-16)20-14(22)11-6-10-12(7-17-11)18-8-19-13(10)21/h6-9H,3-5H2,1-2H3,(H,20,22)(H,18,19,21). The molecule has 0 spiro atoms. The number of nitrogens with zero attached hydrogens (tertiary/aromatic N) is 2. The molecule has 2 heterocycles. The van der Waals surface area contributed by atoms with Crippen LogP contribution in [-0.2, 0) is 9.53 Å². The second-order valence-corrected chi connectivity index (χ2v) is 6.16. The summed E-state index contributed by atoms with van der Waals surface area (Å²) in [5.74, 6) is -0.946. The zero-order valence-electron chi connectivity index (χ0n) is 13.5. The normalized spacial score (nSPS) is 15.8. The number of aromatic nitrogens is 3. The van der Waals surface area contributed by atoms with E-state index in [1.54, 1.807) is 13.8 Å². The Morgan fingerprint density at radius 3 is 2.71 bits per heavy atom. The molecule has 0 aromatic carbocycles. The summed E-state index contributed by atoms with van der Waals surface area (Å²) in [5.41, 5.74) is -0.897. The van der Waals surface area contributed by atoms with Crippen LogP contribution in [0.25, 0.3) is 10.9 Å². The number of H-pyrrole nitrogens is 1. The van der Waals surface area contributed by atoms with Gasteiger partial charge in [0.2, 0.25) is 0 Å². The number of aromatic amines is 1. The number of pyridine rings is 1. The number of nitrogens with one attached hydrogen (secondary N) is 2. The van der Waals surface area contributed by atoms with Crippen LogP contribution < -0.4 is 10.9 Å². The SMILES string of the molecule is CC(C)OC(=O)C1(NC(=O)c2cc3c(=O)[nH]cnc3cn2)CCC1. The van der Waals surface area contributed by atoms with E-state index in [2.05, 4.69) is 20.3 Å². The van der Waals surface area contributed by atoms with Gasteiger partial charge in [0, 0.05) is 0 Å². The molecule has 0 bridgehead atoms. The zero-order chi connectivity index (χ0) is 17.3. The number of carbonyl (C=O) groups excluding carboxylic acids is 2. The van der Waals surface area contributed by atoms with Crippen LogP contribution in [0.3, 0.4) is 0 Å². The Bertz CT molecular complexity index is 855. The van der Waals surface area contributed by atoms with Gasteiger partial charge in [-0.25, -0.2) is 14.8 Å². The molecule has 1 aliphatic rings. The molecule has 8 heteroatoms. The van der Waals surface area contributed by atoms with E-state index in [1.165, 1.54) is 18.6 Å². The number of hydrogen-bond donors (Lipinski definition) is 2. The summed E-state index contributed by atoms with van der Waals surface area (Å²) < 4.78 is 5.24. The van der Waals surface area contributed by atoms with Crippen LogP contribution in [0, 0.1) is 0 Å². The van der Waals surface area contributed by atoms with Gasteiger partial charge in [-0.3, -0.25) is 9.59 Å². The highest BCUT2D eigenvalue weighted by Gasteiger charge is 2.47. The van der Waals surface area contributed by atoms with Crippen molar-refractivity contribution in [1.29, 1.82) is 0 Å². The third-order valence-corrected chi connectivity index (χ3v) is 4.05. The van der Waals surface area contributed by atoms with E-state index in [0.717, 1.165) is 6.42 Å². The van der Waals surface area contributed by atoms with E-state index in [9.17, 15) is 14.4 Å². The maximum Gasteiger partial charge on any atom is 0.332 e.